The molecule has 3 heteroatoms. The first kappa shape index (κ1) is 13.2. The summed E-state index contributed by atoms with van der Waals surface area (Å²) in [6.07, 6.45) is 3.56. The Kier molecular flexibility index (Phi) is 4.14. The summed E-state index contributed by atoms with van der Waals surface area (Å²) in [7, 11) is 0. The number of carboxylic acid groups (broad SMARTS) is 1. The number of nitrogens with one attached hydrogen (secondary N) is 1. The van der Waals surface area contributed by atoms with Gasteiger partial charge >= 0.3 is 5.97 Å². The van der Waals surface area contributed by atoms with Crippen LogP contribution in [0.4, 0.5) is 0 Å². The second-order valence-corrected chi connectivity index (χ2v) is 5.38. The molecule has 1 rings (SSSR count). The minimum atomic E-state index is -0.654. The molecule has 92 valence electrons. The third-order valence-electron chi connectivity index (χ3n) is 4.26. The third-order valence-corrected chi connectivity index (χ3v) is 4.26. The van der Waals surface area contributed by atoms with Crippen LogP contribution in [0.2, 0.25) is 0 Å². The molecule has 3 unspecified atom stereocenters. The molecule has 0 aromatic carbocycles. The average Bonchev–Trinajstić information content (AvgIpc) is 2.19. The quantitative estimate of drug-likeness (QED) is 0.722. The molecule has 2 N–H and O–H groups in total. The van der Waals surface area contributed by atoms with E-state index in [9.17, 15) is 9.90 Å². The lowest BCUT2D eigenvalue weighted by atomic mass is 9.61. The van der Waals surface area contributed by atoms with Crippen molar-refractivity contribution in [3.05, 3.63) is 12.7 Å². The monoisotopic (exact) mass is 225 g/mol. The Morgan fingerprint density at radius 2 is 2.19 bits per heavy atom. The van der Waals surface area contributed by atoms with E-state index >= 15 is 0 Å². The molecule has 1 aliphatic carbocycles. The zero-order chi connectivity index (χ0) is 12.3. The Bertz CT molecular complexity index is 273. The van der Waals surface area contributed by atoms with Crippen molar-refractivity contribution in [3.63, 3.8) is 0 Å². The van der Waals surface area contributed by atoms with Crippen LogP contribution in [-0.2, 0) is 4.79 Å². The molecule has 1 aliphatic rings. The van der Waals surface area contributed by atoms with Gasteiger partial charge in [0.2, 0.25) is 0 Å². The molecule has 3 nitrogen and oxygen atoms in total. The molecule has 1 fully saturated rings. The predicted molar refractivity (Wildman–Crippen MR) is 65.3 cm³/mol. The first-order valence-corrected chi connectivity index (χ1v) is 5.98. The number of rotatable bonds is 4. The highest BCUT2D eigenvalue weighted by molar-refractivity contribution is 5.71. The SMILES string of the molecule is C=CCNC1CCC(C(=O)O)C(C)(C)C1C. The van der Waals surface area contributed by atoms with Crippen molar-refractivity contribution in [1.82, 2.24) is 5.32 Å². The van der Waals surface area contributed by atoms with Gasteiger partial charge in [-0.3, -0.25) is 4.79 Å². The second-order valence-electron chi connectivity index (χ2n) is 5.38. The fourth-order valence-corrected chi connectivity index (χ4v) is 2.76. The maximum Gasteiger partial charge on any atom is 0.307 e. The molecule has 0 aliphatic heterocycles. The van der Waals surface area contributed by atoms with E-state index in [-0.39, 0.29) is 11.3 Å². The third kappa shape index (κ3) is 2.46. The van der Waals surface area contributed by atoms with Gasteiger partial charge in [0.15, 0.2) is 0 Å². The highest BCUT2D eigenvalue weighted by atomic mass is 16.4. The number of hydrogen-bond donors (Lipinski definition) is 2. The van der Waals surface area contributed by atoms with Gasteiger partial charge in [0.25, 0.3) is 0 Å². The van der Waals surface area contributed by atoms with Crippen LogP contribution >= 0.6 is 0 Å². The number of carboxylic acids is 1. The van der Waals surface area contributed by atoms with Gasteiger partial charge in [-0.25, -0.2) is 0 Å². The maximum absolute atomic E-state index is 11.2. The van der Waals surface area contributed by atoms with Crippen molar-refractivity contribution in [3.8, 4) is 0 Å². The maximum atomic E-state index is 11.2. The van der Waals surface area contributed by atoms with E-state index < -0.39 is 5.97 Å². The van der Waals surface area contributed by atoms with E-state index in [0.29, 0.717) is 12.0 Å². The number of carbonyl (C=O) groups is 1. The standard InChI is InChI=1S/C13H23NO2/c1-5-8-14-11-7-6-10(12(15)16)13(3,4)9(11)2/h5,9-11,14H,1,6-8H2,2-4H3,(H,15,16). The smallest absolute Gasteiger partial charge is 0.307 e. The fourth-order valence-electron chi connectivity index (χ4n) is 2.76. The van der Waals surface area contributed by atoms with Crippen LogP contribution in [0.25, 0.3) is 0 Å². The van der Waals surface area contributed by atoms with Crippen LogP contribution in [0.15, 0.2) is 12.7 Å². The molecule has 0 amide bonds. The summed E-state index contributed by atoms with van der Waals surface area (Å²) in [4.78, 5) is 11.2. The lowest BCUT2D eigenvalue weighted by molar-refractivity contribution is -0.150. The van der Waals surface area contributed by atoms with E-state index in [2.05, 4.69) is 32.7 Å². The molecule has 1 saturated carbocycles. The topological polar surface area (TPSA) is 49.3 Å². The molecule has 16 heavy (non-hydrogen) atoms. The minimum absolute atomic E-state index is 0.150. The van der Waals surface area contributed by atoms with Gasteiger partial charge in [0.05, 0.1) is 5.92 Å². The summed E-state index contributed by atoms with van der Waals surface area (Å²) in [5, 5.41) is 12.6. The fraction of sp³-hybridized carbons (Fsp3) is 0.769. The molecule has 0 saturated heterocycles. The van der Waals surface area contributed by atoms with Crippen LogP contribution in [0.1, 0.15) is 33.6 Å². The van der Waals surface area contributed by atoms with Crippen molar-refractivity contribution in [1.29, 1.82) is 0 Å². The Labute approximate surface area is 97.9 Å². The Morgan fingerprint density at radius 3 is 2.69 bits per heavy atom. The Hall–Kier alpha value is -0.830. The molecule has 0 radical (unpaired) electrons. The van der Waals surface area contributed by atoms with Crippen molar-refractivity contribution in [2.75, 3.05) is 6.54 Å². The van der Waals surface area contributed by atoms with Crippen molar-refractivity contribution in [2.24, 2.45) is 17.3 Å². The second kappa shape index (κ2) is 5.00. The van der Waals surface area contributed by atoms with E-state index in [1.807, 2.05) is 6.08 Å². The first-order valence-electron chi connectivity index (χ1n) is 5.98. The molecular formula is C13H23NO2. The van der Waals surface area contributed by atoms with Gasteiger partial charge in [-0.05, 0) is 24.2 Å². The van der Waals surface area contributed by atoms with Crippen LogP contribution in [0.3, 0.4) is 0 Å². The molecule has 0 aromatic heterocycles. The van der Waals surface area contributed by atoms with E-state index in [1.54, 1.807) is 0 Å². The van der Waals surface area contributed by atoms with Gasteiger partial charge in [-0.2, -0.15) is 0 Å². The zero-order valence-corrected chi connectivity index (χ0v) is 10.5. The number of aliphatic carboxylic acids is 1. The molecular weight excluding hydrogens is 202 g/mol. The largest absolute Gasteiger partial charge is 0.481 e. The Morgan fingerprint density at radius 1 is 1.56 bits per heavy atom. The van der Waals surface area contributed by atoms with Crippen molar-refractivity contribution < 1.29 is 9.90 Å². The normalized spacial score (nSPS) is 33.3. The van der Waals surface area contributed by atoms with Crippen molar-refractivity contribution in [2.45, 2.75) is 39.7 Å². The summed E-state index contributed by atoms with van der Waals surface area (Å²) in [5.74, 6) is -0.509. The van der Waals surface area contributed by atoms with Gasteiger partial charge in [0, 0.05) is 12.6 Å². The van der Waals surface area contributed by atoms with Gasteiger partial charge < -0.3 is 10.4 Å². The molecule has 0 bridgehead atoms. The number of hydrogen-bond acceptors (Lipinski definition) is 2. The van der Waals surface area contributed by atoms with E-state index in [0.717, 1.165) is 19.4 Å². The van der Waals surface area contributed by atoms with E-state index in [1.165, 1.54) is 0 Å². The molecule has 0 aromatic rings. The van der Waals surface area contributed by atoms with Gasteiger partial charge in [-0.1, -0.05) is 26.8 Å². The predicted octanol–water partition coefficient (Wildman–Crippen LogP) is 2.29. The average molecular weight is 225 g/mol. The first-order chi connectivity index (χ1) is 7.41. The summed E-state index contributed by atoms with van der Waals surface area (Å²) < 4.78 is 0. The van der Waals surface area contributed by atoms with Crippen LogP contribution < -0.4 is 5.32 Å². The minimum Gasteiger partial charge on any atom is -0.481 e. The van der Waals surface area contributed by atoms with Gasteiger partial charge in [0.1, 0.15) is 0 Å². The summed E-state index contributed by atoms with van der Waals surface area (Å²) in [6, 6.07) is 0.406. The lowest BCUT2D eigenvalue weighted by Gasteiger charge is -2.46. The highest BCUT2D eigenvalue weighted by Gasteiger charge is 2.45. The van der Waals surface area contributed by atoms with Gasteiger partial charge in [-0.15, -0.1) is 6.58 Å². The zero-order valence-electron chi connectivity index (χ0n) is 10.5. The lowest BCUT2D eigenvalue weighted by Crippen LogP contribution is -2.51. The molecule has 0 spiro atoms. The van der Waals surface area contributed by atoms with Crippen LogP contribution in [0, 0.1) is 17.3 Å². The molecule has 3 atom stereocenters. The van der Waals surface area contributed by atoms with Crippen LogP contribution in [-0.4, -0.2) is 23.7 Å². The Balaban J connectivity index is 2.74. The summed E-state index contributed by atoms with van der Waals surface area (Å²) in [6.45, 7) is 10.8. The van der Waals surface area contributed by atoms with Crippen molar-refractivity contribution >= 4 is 5.97 Å². The highest BCUT2D eigenvalue weighted by Crippen LogP contribution is 2.44. The summed E-state index contributed by atoms with van der Waals surface area (Å²) >= 11 is 0. The summed E-state index contributed by atoms with van der Waals surface area (Å²) in [5.41, 5.74) is -0.150. The van der Waals surface area contributed by atoms with Crippen LogP contribution in [0.5, 0.6) is 0 Å². The molecule has 0 heterocycles. The van der Waals surface area contributed by atoms with E-state index in [4.69, 9.17) is 0 Å².